The summed E-state index contributed by atoms with van der Waals surface area (Å²) in [5.41, 5.74) is 4.67. The van der Waals surface area contributed by atoms with E-state index >= 15 is 0 Å². The summed E-state index contributed by atoms with van der Waals surface area (Å²) in [5.74, 6) is 1.66. The van der Waals surface area contributed by atoms with E-state index in [1.165, 1.54) is 22.0 Å². The summed E-state index contributed by atoms with van der Waals surface area (Å²) in [5, 5.41) is 1.23. The van der Waals surface area contributed by atoms with Crippen LogP contribution in [0.5, 0.6) is 11.5 Å². The number of hydrogen-bond donors (Lipinski definition) is 0. The number of fused-ring (bicyclic) bond motifs is 1. The molecule has 1 aromatic heterocycles. The Hall–Kier alpha value is -4.04. The molecular weight excluding hydrogens is 366 g/mol. The van der Waals surface area contributed by atoms with Crippen LogP contribution < -0.4 is 4.74 Å². The molecule has 0 fully saturated rings. The van der Waals surface area contributed by atoms with E-state index in [4.69, 9.17) is 4.74 Å². The van der Waals surface area contributed by atoms with Gasteiger partial charge in [-0.25, -0.2) is 0 Å². The maximum Gasteiger partial charge on any atom is 0.127 e. The van der Waals surface area contributed by atoms with Crippen molar-refractivity contribution in [3.63, 3.8) is 0 Å². The van der Waals surface area contributed by atoms with Gasteiger partial charge in [-0.1, -0.05) is 78.9 Å². The Morgan fingerprint density at radius 2 is 1.20 bits per heavy atom. The summed E-state index contributed by atoms with van der Waals surface area (Å²) in [6.07, 6.45) is 6.53. The molecule has 5 rings (SSSR count). The molecule has 0 atom stereocenters. The number of para-hydroxylation sites is 2. The SMILES string of the molecule is C(=Cc1cn(-c2ccc(Oc3ccccc3)cc2)c2ccccc12)c1ccccc1. The second-order valence-corrected chi connectivity index (χ2v) is 7.12. The molecule has 2 nitrogen and oxygen atoms in total. The van der Waals surface area contributed by atoms with Gasteiger partial charge in [0.2, 0.25) is 0 Å². The Kier molecular flexibility index (Phi) is 4.89. The van der Waals surface area contributed by atoms with Gasteiger partial charge in [0.25, 0.3) is 0 Å². The normalized spacial score (nSPS) is 11.2. The van der Waals surface area contributed by atoms with Crippen LogP contribution in [0.1, 0.15) is 11.1 Å². The summed E-state index contributed by atoms with van der Waals surface area (Å²) >= 11 is 0. The average Bonchev–Trinajstić information content (AvgIpc) is 3.18. The molecular formula is C28H21NO. The Labute approximate surface area is 176 Å². The molecule has 0 bridgehead atoms. The predicted molar refractivity (Wildman–Crippen MR) is 125 cm³/mol. The quantitative estimate of drug-likeness (QED) is 0.303. The fourth-order valence-electron chi connectivity index (χ4n) is 3.60. The first-order valence-corrected chi connectivity index (χ1v) is 10.0. The lowest BCUT2D eigenvalue weighted by Crippen LogP contribution is -1.92. The van der Waals surface area contributed by atoms with E-state index < -0.39 is 0 Å². The van der Waals surface area contributed by atoms with Crippen LogP contribution in [0.2, 0.25) is 0 Å². The molecule has 0 amide bonds. The molecule has 0 aliphatic heterocycles. The third-order valence-corrected chi connectivity index (χ3v) is 5.09. The van der Waals surface area contributed by atoms with Crippen molar-refractivity contribution in [2.75, 3.05) is 0 Å². The van der Waals surface area contributed by atoms with Crippen molar-refractivity contribution in [1.29, 1.82) is 0 Å². The predicted octanol–water partition coefficient (Wildman–Crippen LogP) is 7.59. The maximum absolute atomic E-state index is 5.93. The molecule has 0 spiro atoms. The second kappa shape index (κ2) is 8.14. The minimum atomic E-state index is 0.825. The van der Waals surface area contributed by atoms with E-state index in [0.29, 0.717) is 0 Å². The van der Waals surface area contributed by atoms with Crippen molar-refractivity contribution in [2.24, 2.45) is 0 Å². The van der Waals surface area contributed by atoms with Crippen LogP contribution in [0.3, 0.4) is 0 Å². The van der Waals surface area contributed by atoms with Gasteiger partial charge in [0.15, 0.2) is 0 Å². The number of hydrogen-bond acceptors (Lipinski definition) is 1. The Bertz CT molecular complexity index is 1280. The summed E-state index contributed by atoms with van der Waals surface area (Å²) < 4.78 is 8.16. The van der Waals surface area contributed by atoms with Crippen molar-refractivity contribution in [2.45, 2.75) is 0 Å². The van der Waals surface area contributed by atoms with Gasteiger partial charge in [-0.15, -0.1) is 0 Å². The minimum Gasteiger partial charge on any atom is -0.457 e. The summed E-state index contributed by atoms with van der Waals surface area (Å²) in [6.45, 7) is 0. The summed E-state index contributed by atoms with van der Waals surface area (Å²) in [7, 11) is 0. The highest BCUT2D eigenvalue weighted by molar-refractivity contribution is 5.93. The van der Waals surface area contributed by atoms with Crippen molar-refractivity contribution in [3.8, 4) is 17.2 Å². The molecule has 4 aromatic carbocycles. The lowest BCUT2D eigenvalue weighted by Gasteiger charge is -2.08. The Balaban J connectivity index is 1.48. The molecule has 0 aliphatic rings. The van der Waals surface area contributed by atoms with Crippen molar-refractivity contribution in [1.82, 2.24) is 4.57 Å². The number of ether oxygens (including phenoxy) is 1. The molecule has 144 valence electrons. The van der Waals surface area contributed by atoms with E-state index in [0.717, 1.165) is 17.2 Å². The van der Waals surface area contributed by atoms with Crippen LogP contribution in [-0.4, -0.2) is 4.57 Å². The van der Waals surface area contributed by atoms with Crippen LogP contribution >= 0.6 is 0 Å². The molecule has 30 heavy (non-hydrogen) atoms. The highest BCUT2D eigenvalue weighted by Crippen LogP contribution is 2.28. The van der Waals surface area contributed by atoms with Gasteiger partial charge < -0.3 is 9.30 Å². The molecule has 5 aromatic rings. The van der Waals surface area contributed by atoms with E-state index in [9.17, 15) is 0 Å². The lowest BCUT2D eigenvalue weighted by atomic mass is 10.1. The average molecular weight is 387 g/mol. The van der Waals surface area contributed by atoms with Gasteiger partial charge in [0.05, 0.1) is 5.52 Å². The first kappa shape index (κ1) is 18.0. The van der Waals surface area contributed by atoms with Gasteiger partial charge in [-0.3, -0.25) is 0 Å². The van der Waals surface area contributed by atoms with Crippen molar-refractivity contribution < 1.29 is 4.74 Å². The molecule has 1 heterocycles. The van der Waals surface area contributed by atoms with Gasteiger partial charge >= 0.3 is 0 Å². The van der Waals surface area contributed by atoms with Gasteiger partial charge in [-0.05, 0) is 48.0 Å². The summed E-state index contributed by atoms with van der Waals surface area (Å²) in [4.78, 5) is 0. The number of rotatable bonds is 5. The Morgan fingerprint density at radius 3 is 1.97 bits per heavy atom. The summed E-state index contributed by atoms with van der Waals surface area (Å²) in [6, 6.07) is 36.9. The van der Waals surface area contributed by atoms with Gasteiger partial charge in [0.1, 0.15) is 11.5 Å². The molecule has 0 saturated carbocycles. The van der Waals surface area contributed by atoms with Crippen LogP contribution in [0.15, 0.2) is 115 Å². The molecule has 0 aliphatic carbocycles. The number of aromatic nitrogens is 1. The highest BCUT2D eigenvalue weighted by atomic mass is 16.5. The zero-order chi connectivity index (χ0) is 20.2. The molecule has 0 unspecified atom stereocenters. The highest BCUT2D eigenvalue weighted by Gasteiger charge is 2.08. The number of nitrogens with zero attached hydrogens (tertiary/aromatic N) is 1. The topological polar surface area (TPSA) is 14.2 Å². The fraction of sp³-hybridized carbons (Fsp3) is 0. The third-order valence-electron chi connectivity index (χ3n) is 5.09. The number of benzene rings is 4. The van der Waals surface area contributed by atoms with Crippen LogP contribution in [0.25, 0.3) is 28.7 Å². The van der Waals surface area contributed by atoms with E-state index in [-0.39, 0.29) is 0 Å². The van der Waals surface area contributed by atoms with Crippen molar-refractivity contribution in [3.05, 3.63) is 127 Å². The smallest absolute Gasteiger partial charge is 0.127 e. The van der Waals surface area contributed by atoms with Crippen LogP contribution in [0, 0.1) is 0 Å². The first-order valence-electron chi connectivity index (χ1n) is 10.0. The second-order valence-electron chi connectivity index (χ2n) is 7.12. The van der Waals surface area contributed by atoms with Crippen LogP contribution in [-0.2, 0) is 0 Å². The standard InChI is InChI=1S/C28H21NO/c1-3-9-22(10-4-1)15-16-23-21-29(28-14-8-7-13-27(23)28)24-17-19-26(20-18-24)30-25-11-5-2-6-12-25/h1-21H. The largest absolute Gasteiger partial charge is 0.457 e. The van der Waals surface area contributed by atoms with Crippen molar-refractivity contribution >= 4 is 23.1 Å². The zero-order valence-corrected chi connectivity index (χ0v) is 16.5. The fourth-order valence-corrected chi connectivity index (χ4v) is 3.60. The van der Waals surface area contributed by atoms with Crippen LogP contribution in [0.4, 0.5) is 0 Å². The van der Waals surface area contributed by atoms with E-state index in [1.54, 1.807) is 0 Å². The molecule has 0 radical (unpaired) electrons. The Morgan fingerprint density at radius 1 is 0.567 bits per heavy atom. The first-order chi connectivity index (χ1) is 14.9. The monoisotopic (exact) mass is 387 g/mol. The lowest BCUT2D eigenvalue weighted by molar-refractivity contribution is 0.482. The van der Waals surface area contributed by atoms with Gasteiger partial charge in [-0.2, -0.15) is 0 Å². The zero-order valence-electron chi connectivity index (χ0n) is 16.5. The molecule has 2 heteroatoms. The minimum absolute atomic E-state index is 0.825. The van der Waals surface area contributed by atoms with E-state index in [2.05, 4.69) is 83.6 Å². The third kappa shape index (κ3) is 3.76. The molecule has 0 saturated heterocycles. The van der Waals surface area contributed by atoms with E-state index in [1.807, 2.05) is 48.5 Å². The maximum atomic E-state index is 5.93. The van der Waals surface area contributed by atoms with Gasteiger partial charge in [0, 0.05) is 22.8 Å². The molecule has 0 N–H and O–H groups in total.